The van der Waals surface area contributed by atoms with Gasteiger partial charge in [0, 0.05) is 54.7 Å². The van der Waals surface area contributed by atoms with Crippen LogP contribution in [0.25, 0.3) is 0 Å². The summed E-state index contributed by atoms with van der Waals surface area (Å²) in [4.78, 5) is 3.59. The minimum Gasteiger partial charge on any atom is -0.504 e. The fraction of sp³-hybridized carbons (Fsp3) is 0.568. The first-order valence-corrected chi connectivity index (χ1v) is 17.0. The summed E-state index contributed by atoms with van der Waals surface area (Å²) < 4.78 is 12.0. The number of ether oxygens (including phenoxy) is 1. The summed E-state index contributed by atoms with van der Waals surface area (Å²) in [5.41, 5.74) is 5.16. The van der Waals surface area contributed by atoms with E-state index in [9.17, 15) is 20.4 Å². The molecule has 4 aliphatic rings. The van der Waals surface area contributed by atoms with Gasteiger partial charge in [0.25, 0.3) is 0 Å². The molecule has 2 aromatic heterocycles. The van der Waals surface area contributed by atoms with Crippen LogP contribution < -0.4 is 10.1 Å². The van der Waals surface area contributed by atoms with E-state index in [0.29, 0.717) is 37.0 Å². The summed E-state index contributed by atoms with van der Waals surface area (Å²) in [6.07, 6.45) is 12.7. The molecule has 1 saturated carbocycles. The van der Waals surface area contributed by atoms with Crippen LogP contribution in [-0.2, 0) is 25.9 Å². The van der Waals surface area contributed by atoms with Crippen molar-refractivity contribution in [3.8, 4) is 11.5 Å². The lowest BCUT2D eigenvalue weighted by Crippen LogP contribution is -2.39. The van der Waals surface area contributed by atoms with E-state index in [1.54, 1.807) is 6.07 Å². The number of aliphatic hydroxyl groups excluding tert-OH is 3. The van der Waals surface area contributed by atoms with E-state index in [2.05, 4.69) is 35.4 Å². The smallest absolute Gasteiger partial charge is 0.161 e. The second-order valence-electron chi connectivity index (χ2n) is 13.6. The van der Waals surface area contributed by atoms with Gasteiger partial charge in [-0.15, -0.1) is 0 Å². The Morgan fingerprint density at radius 3 is 2.82 bits per heavy atom. The van der Waals surface area contributed by atoms with Crippen LogP contribution in [0.1, 0.15) is 110 Å². The summed E-state index contributed by atoms with van der Waals surface area (Å²) in [6.45, 7) is 5.28. The van der Waals surface area contributed by atoms with Gasteiger partial charge in [0.05, 0.1) is 12.7 Å². The third kappa shape index (κ3) is 6.61. The third-order valence-corrected chi connectivity index (χ3v) is 10.5. The van der Waals surface area contributed by atoms with Gasteiger partial charge in [-0.2, -0.15) is 0 Å². The predicted molar refractivity (Wildman–Crippen MR) is 174 cm³/mol. The average molecular weight is 619 g/mol. The van der Waals surface area contributed by atoms with Gasteiger partial charge in [-0.3, -0.25) is 0 Å². The number of unbranched alkanes of at least 4 members (excludes halogenated alkanes) is 1. The van der Waals surface area contributed by atoms with Crippen molar-refractivity contribution >= 4 is 0 Å². The van der Waals surface area contributed by atoms with Crippen LogP contribution in [0.5, 0.6) is 11.5 Å². The quantitative estimate of drug-likeness (QED) is 0.116. The standard InChI is InChI=1S/C37H50N2O6/c1-3-4-7-34-26(21-40)17-28(45-34)10-8-24-9-11-32(42)35(15-24)44-22-33(43)31-18-29-30(20-38-19-23(2)41)37-13-5-6-27(37)16-25(12-14-37)36(29)39-31/h9,11-12,14-15,17-18,23,25,27,30,33,38-43H,3-8,10,13,16,19-22H2,1-2H3. The number of aromatic nitrogens is 1. The number of rotatable bonds is 15. The zero-order valence-electron chi connectivity index (χ0n) is 26.7. The molecule has 4 aliphatic carbocycles. The van der Waals surface area contributed by atoms with Crippen LogP contribution in [0, 0.1) is 11.3 Å². The molecular formula is C37H50N2O6. The largest absolute Gasteiger partial charge is 0.504 e. The lowest BCUT2D eigenvalue weighted by molar-refractivity contribution is 0.103. The molecule has 7 rings (SSSR count). The maximum atomic E-state index is 11.3. The van der Waals surface area contributed by atoms with Crippen LogP contribution in [-0.4, -0.2) is 51.2 Å². The highest BCUT2D eigenvalue weighted by Crippen LogP contribution is 2.62. The minimum absolute atomic E-state index is 0.00839. The van der Waals surface area contributed by atoms with Gasteiger partial charge in [0.1, 0.15) is 24.2 Å². The van der Waals surface area contributed by atoms with Crippen LogP contribution in [0.4, 0.5) is 0 Å². The van der Waals surface area contributed by atoms with Crippen molar-refractivity contribution in [2.75, 3.05) is 19.7 Å². The Balaban J connectivity index is 1.13. The Kier molecular flexibility index (Phi) is 9.76. The molecule has 2 heterocycles. The second-order valence-corrected chi connectivity index (χ2v) is 13.6. The van der Waals surface area contributed by atoms with E-state index < -0.39 is 12.2 Å². The van der Waals surface area contributed by atoms with E-state index in [4.69, 9.17) is 9.15 Å². The lowest BCUT2D eigenvalue weighted by Gasteiger charge is -2.41. The SMILES string of the molecule is CCCCc1oc(CCc2ccc(O)c(OCC(O)c3cc4c([nH]3)C3C=CC5(CCCC5C3)C4CNCC(C)O)c2)cc1CO. The molecule has 244 valence electrons. The fourth-order valence-corrected chi connectivity index (χ4v) is 8.15. The first-order valence-electron chi connectivity index (χ1n) is 17.0. The number of hydrogen-bond acceptors (Lipinski definition) is 7. The second kappa shape index (κ2) is 13.8. The van der Waals surface area contributed by atoms with E-state index in [0.717, 1.165) is 60.6 Å². The molecule has 8 nitrogen and oxygen atoms in total. The molecule has 0 radical (unpaired) electrons. The summed E-state index contributed by atoms with van der Waals surface area (Å²) in [6, 6.07) is 9.41. The molecule has 6 atom stereocenters. The summed E-state index contributed by atoms with van der Waals surface area (Å²) in [7, 11) is 0. The number of aryl methyl sites for hydroxylation is 3. The zero-order valence-corrected chi connectivity index (χ0v) is 26.7. The van der Waals surface area contributed by atoms with Gasteiger partial charge in [0.2, 0.25) is 0 Å². The van der Waals surface area contributed by atoms with Crippen LogP contribution >= 0.6 is 0 Å². The molecule has 0 amide bonds. The number of H-pyrrole nitrogens is 1. The van der Waals surface area contributed by atoms with Crippen LogP contribution in [0.3, 0.4) is 0 Å². The Hall–Kier alpha value is -3.04. The molecule has 1 aromatic carbocycles. The number of aromatic hydroxyl groups is 1. The molecule has 3 aromatic rings. The average Bonchev–Trinajstić information content (AvgIpc) is 3.75. The van der Waals surface area contributed by atoms with Crippen molar-refractivity contribution in [1.29, 1.82) is 0 Å². The molecule has 45 heavy (non-hydrogen) atoms. The number of hydrogen-bond donors (Lipinski definition) is 6. The topological polar surface area (TPSA) is 131 Å². The van der Waals surface area contributed by atoms with Crippen molar-refractivity contribution in [2.45, 2.75) is 102 Å². The van der Waals surface area contributed by atoms with E-state index in [1.807, 2.05) is 25.1 Å². The van der Waals surface area contributed by atoms with Crippen molar-refractivity contribution in [3.63, 3.8) is 0 Å². The molecule has 0 saturated heterocycles. The highest BCUT2D eigenvalue weighted by molar-refractivity contribution is 5.44. The Bertz CT molecular complexity index is 1470. The number of nitrogens with one attached hydrogen (secondary N) is 2. The van der Waals surface area contributed by atoms with Crippen molar-refractivity contribution in [2.24, 2.45) is 11.3 Å². The van der Waals surface area contributed by atoms with Gasteiger partial charge >= 0.3 is 0 Å². The van der Waals surface area contributed by atoms with Crippen molar-refractivity contribution in [3.05, 3.63) is 82.1 Å². The van der Waals surface area contributed by atoms with Crippen LogP contribution in [0.15, 0.2) is 46.9 Å². The number of aliphatic hydroxyl groups is 3. The van der Waals surface area contributed by atoms with Gasteiger partial charge in [-0.25, -0.2) is 0 Å². The molecule has 1 fully saturated rings. The molecule has 1 spiro atoms. The highest BCUT2D eigenvalue weighted by Gasteiger charge is 2.53. The fourth-order valence-electron chi connectivity index (χ4n) is 8.15. The van der Waals surface area contributed by atoms with Crippen molar-refractivity contribution in [1.82, 2.24) is 10.3 Å². The molecule has 8 heteroatoms. The highest BCUT2D eigenvalue weighted by atomic mass is 16.5. The number of allylic oxidation sites excluding steroid dienone is 2. The maximum absolute atomic E-state index is 11.3. The maximum Gasteiger partial charge on any atom is 0.161 e. The third-order valence-electron chi connectivity index (χ3n) is 10.5. The lowest BCUT2D eigenvalue weighted by atomic mass is 9.64. The first-order chi connectivity index (χ1) is 21.8. The first kappa shape index (κ1) is 31.9. The van der Waals surface area contributed by atoms with Gasteiger partial charge < -0.3 is 39.9 Å². The van der Waals surface area contributed by atoms with E-state index >= 15 is 0 Å². The Labute approximate surface area is 266 Å². The Morgan fingerprint density at radius 1 is 1.16 bits per heavy atom. The number of phenols is 1. The van der Waals surface area contributed by atoms with Gasteiger partial charge in [-0.1, -0.05) is 38.0 Å². The molecule has 0 aliphatic heterocycles. The number of benzene rings is 1. The molecule has 6 N–H and O–H groups in total. The van der Waals surface area contributed by atoms with Gasteiger partial charge in [-0.05, 0) is 85.8 Å². The van der Waals surface area contributed by atoms with E-state index in [1.165, 1.54) is 30.5 Å². The summed E-state index contributed by atoms with van der Waals surface area (Å²) in [5.74, 6) is 3.33. The van der Waals surface area contributed by atoms with E-state index in [-0.39, 0.29) is 30.3 Å². The van der Waals surface area contributed by atoms with Crippen molar-refractivity contribution < 1.29 is 29.6 Å². The summed E-state index contributed by atoms with van der Waals surface area (Å²) in [5, 5.41) is 44.9. The number of aromatic amines is 1. The molecule has 6 unspecified atom stereocenters. The minimum atomic E-state index is -0.882. The van der Waals surface area contributed by atoms with Gasteiger partial charge in [0.15, 0.2) is 11.5 Å². The van der Waals surface area contributed by atoms with Crippen LogP contribution in [0.2, 0.25) is 0 Å². The monoisotopic (exact) mass is 618 g/mol. The molecule has 2 bridgehead atoms. The molecular weight excluding hydrogens is 568 g/mol. The number of phenolic OH excluding ortho intramolecular Hbond substituents is 1. The summed E-state index contributed by atoms with van der Waals surface area (Å²) >= 11 is 0. The Morgan fingerprint density at radius 2 is 2.02 bits per heavy atom. The predicted octanol–water partition coefficient (Wildman–Crippen LogP) is 5.94. The number of furan rings is 1. The zero-order chi connectivity index (χ0) is 31.6. The normalized spacial score (nSPS) is 24.8.